The van der Waals surface area contributed by atoms with Crippen LogP contribution in [0.15, 0.2) is 54.9 Å². The second kappa shape index (κ2) is 8.52. The molecule has 1 heterocycles. The highest BCUT2D eigenvalue weighted by Crippen LogP contribution is 2.22. The molecule has 0 saturated heterocycles. The molecule has 0 bridgehead atoms. The Morgan fingerprint density at radius 3 is 2.48 bits per heavy atom. The van der Waals surface area contributed by atoms with Crippen LogP contribution < -0.4 is 10.6 Å². The maximum absolute atomic E-state index is 11.3. The molecule has 2 aromatic carbocycles. The molecule has 0 aliphatic carbocycles. The van der Waals surface area contributed by atoms with E-state index in [-0.39, 0.29) is 5.78 Å². The number of thiocarbonyl (C=S) groups is 1. The molecule has 1 aromatic heterocycles. The Labute approximate surface area is 172 Å². The Morgan fingerprint density at radius 2 is 1.81 bits per heavy atom. The van der Waals surface area contributed by atoms with Crippen LogP contribution in [0, 0.1) is 0 Å². The highest BCUT2D eigenvalue weighted by molar-refractivity contribution is 7.80. The minimum atomic E-state index is 0.0236. The van der Waals surface area contributed by atoms with Crippen LogP contribution in [-0.4, -0.2) is 20.7 Å². The van der Waals surface area contributed by atoms with Gasteiger partial charge in [-0.05, 0) is 61.1 Å². The van der Waals surface area contributed by atoms with E-state index >= 15 is 0 Å². The topological polar surface area (TPSA) is 59.0 Å². The Kier molecular flexibility index (Phi) is 6.11. The lowest BCUT2D eigenvalue weighted by atomic mass is 10.1. The molecule has 0 aliphatic rings. The third kappa shape index (κ3) is 5.29. The first-order valence-corrected chi connectivity index (χ1v) is 9.22. The summed E-state index contributed by atoms with van der Waals surface area (Å²) in [6.07, 6.45) is 3.51. The number of hydrogen-bond acceptors (Lipinski definition) is 3. The van der Waals surface area contributed by atoms with Crippen molar-refractivity contribution in [3.63, 3.8) is 0 Å². The summed E-state index contributed by atoms with van der Waals surface area (Å²) in [6, 6.07) is 12.5. The molecule has 0 atom stereocenters. The summed E-state index contributed by atoms with van der Waals surface area (Å²) in [5.41, 5.74) is 3.11. The number of carbonyl (C=O) groups excluding carboxylic acids is 1. The van der Waals surface area contributed by atoms with Crippen molar-refractivity contribution in [2.24, 2.45) is 0 Å². The Balaban J connectivity index is 1.59. The summed E-state index contributed by atoms with van der Waals surface area (Å²) in [4.78, 5) is 11.3. The largest absolute Gasteiger partial charge is 0.332 e. The highest BCUT2D eigenvalue weighted by atomic mass is 35.5. The third-order valence-corrected chi connectivity index (χ3v) is 4.58. The number of nitrogens with one attached hydrogen (secondary N) is 2. The van der Waals surface area contributed by atoms with Crippen LogP contribution in [0.5, 0.6) is 0 Å². The lowest BCUT2D eigenvalue weighted by Gasteiger charge is -2.09. The molecule has 8 heteroatoms. The Morgan fingerprint density at radius 1 is 1.11 bits per heavy atom. The van der Waals surface area contributed by atoms with Crippen LogP contribution >= 0.6 is 35.4 Å². The molecule has 3 aromatic rings. The van der Waals surface area contributed by atoms with Crippen molar-refractivity contribution < 1.29 is 4.79 Å². The lowest BCUT2D eigenvalue weighted by Crippen LogP contribution is -2.18. The van der Waals surface area contributed by atoms with E-state index in [1.165, 1.54) is 6.92 Å². The summed E-state index contributed by atoms with van der Waals surface area (Å²) in [5.74, 6) is 0.0236. The second-order valence-electron chi connectivity index (χ2n) is 5.87. The predicted octanol–water partition coefficient (Wildman–Crippen LogP) is 5.25. The normalized spacial score (nSPS) is 10.5. The van der Waals surface area contributed by atoms with Crippen LogP contribution in [0.1, 0.15) is 22.8 Å². The van der Waals surface area contributed by atoms with Gasteiger partial charge in [-0.2, -0.15) is 5.10 Å². The van der Waals surface area contributed by atoms with Crippen LogP contribution in [-0.2, 0) is 6.54 Å². The Hall–Kier alpha value is -2.41. The average Bonchev–Trinajstić information content (AvgIpc) is 3.04. The van der Waals surface area contributed by atoms with Gasteiger partial charge >= 0.3 is 0 Å². The SMILES string of the molecule is CC(=O)c1ccc(NC(=S)Nc2cnn(Cc3ccc(Cl)cc3Cl)c2)cc1. The monoisotopic (exact) mass is 418 g/mol. The van der Waals surface area contributed by atoms with Crippen LogP contribution in [0.25, 0.3) is 0 Å². The first kappa shape index (κ1) is 19.4. The molecule has 3 rings (SSSR count). The second-order valence-corrected chi connectivity index (χ2v) is 7.13. The fourth-order valence-electron chi connectivity index (χ4n) is 2.42. The summed E-state index contributed by atoms with van der Waals surface area (Å²) >= 11 is 17.4. The zero-order valence-electron chi connectivity index (χ0n) is 14.4. The van der Waals surface area contributed by atoms with Crippen LogP contribution in [0.3, 0.4) is 0 Å². The number of nitrogens with zero attached hydrogens (tertiary/aromatic N) is 2. The molecular weight excluding hydrogens is 403 g/mol. The van der Waals surface area contributed by atoms with E-state index in [1.807, 2.05) is 12.3 Å². The van der Waals surface area contributed by atoms with Gasteiger partial charge in [-0.3, -0.25) is 9.48 Å². The van der Waals surface area contributed by atoms with Gasteiger partial charge in [0.15, 0.2) is 10.9 Å². The minimum absolute atomic E-state index is 0.0236. The van der Waals surface area contributed by atoms with Gasteiger partial charge < -0.3 is 10.6 Å². The molecule has 0 radical (unpaired) electrons. The van der Waals surface area contributed by atoms with Crippen molar-refractivity contribution in [1.82, 2.24) is 9.78 Å². The van der Waals surface area contributed by atoms with Crippen molar-refractivity contribution >= 4 is 57.7 Å². The van der Waals surface area contributed by atoms with E-state index in [0.717, 1.165) is 16.9 Å². The van der Waals surface area contributed by atoms with E-state index in [1.54, 1.807) is 47.3 Å². The molecule has 138 valence electrons. The van der Waals surface area contributed by atoms with Gasteiger partial charge in [0.25, 0.3) is 0 Å². The summed E-state index contributed by atoms with van der Waals surface area (Å²) in [6.45, 7) is 2.05. The van der Waals surface area contributed by atoms with E-state index in [0.29, 0.717) is 27.3 Å². The molecule has 2 N–H and O–H groups in total. The number of benzene rings is 2. The first-order chi connectivity index (χ1) is 12.9. The predicted molar refractivity (Wildman–Crippen MR) is 114 cm³/mol. The van der Waals surface area contributed by atoms with Gasteiger partial charge in [-0.25, -0.2) is 0 Å². The van der Waals surface area contributed by atoms with E-state index in [2.05, 4.69) is 15.7 Å². The molecule has 0 spiro atoms. The maximum atomic E-state index is 11.3. The van der Waals surface area contributed by atoms with E-state index in [9.17, 15) is 4.79 Å². The van der Waals surface area contributed by atoms with Gasteiger partial charge in [0.05, 0.1) is 18.4 Å². The molecule has 0 saturated carbocycles. The van der Waals surface area contributed by atoms with Crippen LogP contribution in [0.2, 0.25) is 10.0 Å². The number of anilines is 2. The fraction of sp³-hybridized carbons (Fsp3) is 0.105. The van der Waals surface area contributed by atoms with Crippen LogP contribution in [0.4, 0.5) is 11.4 Å². The minimum Gasteiger partial charge on any atom is -0.332 e. The molecule has 0 fully saturated rings. The van der Waals surface area contributed by atoms with Gasteiger partial charge in [0.1, 0.15) is 0 Å². The average molecular weight is 419 g/mol. The van der Waals surface area contributed by atoms with Gasteiger partial charge in [0, 0.05) is 27.5 Å². The van der Waals surface area contributed by atoms with Crippen molar-refractivity contribution in [3.8, 4) is 0 Å². The highest BCUT2D eigenvalue weighted by Gasteiger charge is 2.06. The van der Waals surface area contributed by atoms with E-state index < -0.39 is 0 Å². The maximum Gasteiger partial charge on any atom is 0.175 e. The number of ketones is 1. The standard InChI is InChI=1S/C19H16Cl2N4OS/c1-12(26)13-3-6-16(7-4-13)23-19(27)24-17-9-22-25(11-17)10-14-2-5-15(20)8-18(14)21/h2-9,11H,10H2,1H3,(H2,23,24,27). The summed E-state index contributed by atoms with van der Waals surface area (Å²) < 4.78 is 1.75. The van der Waals surface area contributed by atoms with Crippen molar-refractivity contribution in [2.75, 3.05) is 10.6 Å². The number of carbonyl (C=O) groups is 1. The Bertz CT molecular complexity index is 986. The van der Waals surface area contributed by atoms with Crippen molar-refractivity contribution in [2.45, 2.75) is 13.5 Å². The molecule has 0 aliphatic heterocycles. The van der Waals surface area contributed by atoms with Gasteiger partial charge in [-0.1, -0.05) is 29.3 Å². The number of rotatable bonds is 5. The number of hydrogen-bond donors (Lipinski definition) is 2. The number of halogens is 2. The first-order valence-electron chi connectivity index (χ1n) is 8.06. The lowest BCUT2D eigenvalue weighted by molar-refractivity contribution is 0.101. The van der Waals surface area contributed by atoms with Crippen molar-refractivity contribution in [1.29, 1.82) is 0 Å². The molecule has 5 nitrogen and oxygen atoms in total. The molecule has 0 amide bonds. The zero-order valence-corrected chi connectivity index (χ0v) is 16.7. The van der Waals surface area contributed by atoms with E-state index in [4.69, 9.17) is 35.4 Å². The molecular formula is C19H16Cl2N4OS. The quantitative estimate of drug-likeness (QED) is 0.437. The number of aromatic nitrogens is 2. The molecule has 27 heavy (non-hydrogen) atoms. The summed E-state index contributed by atoms with van der Waals surface area (Å²) in [7, 11) is 0. The summed E-state index contributed by atoms with van der Waals surface area (Å²) in [5, 5.41) is 12.1. The smallest absolute Gasteiger partial charge is 0.175 e. The third-order valence-electron chi connectivity index (χ3n) is 3.79. The van der Waals surface area contributed by atoms with Gasteiger partial charge in [0.2, 0.25) is 0 Å². The molecule has 0 unspecified atom stereocenters. The fourth-order valence-corrected chi connectivity index (χ4v) is 3.12. The van der Waals surface area contributed by atoms with Crippen molar-refractivity contribution in [3.05, 3.63) is 76.0 Å². The van der Waals surface area contributed by atoms with Gasteiger partial charge in [-0.15, -0.1) is 0 Å². The number of Topliss-reactive ketones (excluding diaryl/α,β-unsaturated/α-hetero) is 1. The zero-order chi connectivity index (χ0) is 19.4.